The first-order valence-corrected chi connectivity index (χ1v) is 8.84. The van der Waals surface area contributed by atoms with Crippen molar-refractivity contribution in [2.75, 3.05) is 6.61 Å². The van der Waals surface area contributed by atoms with E-state index in [1.165, 1.54) is 10.8 Å². The van der Waals surface area contributed by atoms with Crippen molar-refractivity contribution in [2.24, 2.45) is 0 Å². The molecular formula is C22H23ClN2O2. The molecule has 4 aromatic rings. The second-order valence-corrected chi connectivity index (χ2v) is 6.48. The van der Waals surface area contributed by atoms with Crippen LogP contribution in [0.5, 0.6) is 5.75 Å². The molecule has 2 N–H and O–H groups in total. The fraction of sp³-hybridized carbons (Fsp3) is 0.182. The van der Waals surface area contributed by atoms with E-state index in [0.717, 1.165) is 22.3 Å². The van der Waals surface area contributed by atoms with Gasteiger partial charge in [0.05, 0.1) is 18.2 Å². The Morgan fingerprint density at radius 2 is 1.63 bits per heavy atom. The van der Waals surface area contributed by atoms with Crippen LogP contribution < -0.4 is 10.2 Å². The highest BCUT2D eigenvalue weighted by atomic mass is 35.5. The van der Waals surface area contributed by atoms with E-state index in [1.807, 2.05) is 55.5 Å². The van der Waals surface area contributed by atoms with Gasteiger partial charge in [0.2, 0.25) is 0 Å². The van der Waals surface area contributed by atoms with Gasteiger partial charge in [-0.1, -0.05) is 48.5 Å². The van der Waals surface area contributed by atoms with Crippen LogP contribution in [0.15, 0.2) is 72.8 Å². The van der Waals surface area contributed by atoms with Crippen molar-refractivity contribution in [3.63, 3.8) is 0 Å². The van der Waals surface area contributed by atoms with Gasteiger partial charge in [-0.3, -0.25) is 4.84 Å². The number of nitrogens with one attached hydrogen (secondary N) is 2. The predicted octanol–water partition coefficient (Wildman–Crippen LogP) is 5.23. The number of halogens is 1. The maximum atomic E-state index is 5.91. The summed E-state index contributed by atoms with van der Waals surface area (Å²) in [6.45, 7) is 3.10. The normalized spacial score (nSPS) is 12.0. The van der Waals surface area contributed by atoms with E-state index in [1.54, 1.807) is 0 Å². The first kappa shape index (κ1) is 19.2. The van der Waals surface area contributed by atoms with Gasteiger partial charge in [-0.15, -0.1) is 12.4 Å². The Hall–Kier alpha value is -2.53. The van der Waals surface area contributed by atoms with E-state index in [9.17, 15) is 0 Å². The van der Waals surface area contributed by atoms with E-state index in [4.69, 9.17) is 9.57 Å². The Morgan fingerprint density at radius 3 is 2.48 bits per heavy atom. The fourth-order valence-corrected chi connectivity index (χ4v) is 3.02. The predicted molar refractivity (Wildman–Crippen MR) is 112 cm³/mol. The van der Waals surface area contributed by atoms with Gasteiger partial charge in [0.1, 0.15) is 12.4 Å². The molecule has 0 aliphatic carbocycles. The lowest BCUT2D eigenvalue weighted by Crippen LogP contribution is -2.31. The Bertz CT molecular complexity index is 1000. The lowest BCUT2D eigenvalue weighted by Gasteiger charge is -2.15. The average Bonchev–Trinajstić information content (AvgIpc) is 3.05. The molecular weight excluding hydrogens is 360 g/mol. The summed E-state index contributed by atoms with van der Waals surface area (Å²) < 4.78 is 5.91. The molecule has 0 fully saturated rings. The molecule has 0 aliphatic heterocycles. The molecule has 27 heavy (non-hydrogen) atoms. The summed E-state index contributed by atoms with van der Waals surface area (Å²) in [5, 5.41) is 2.45. The molecule has 0 amide bonds. The van der Waals surface area contributed by atoms with Crippen molar-refractivity contribution in [1.82, 2.24) is 10.5 Å². The van der Waals surface area contributed by atoms with Gasteiger partial charge in [0, 0.05) is 22.4 Å². The number of H-pyrrole nitrogens is 1. The lowest BCUT2D eigenvalue weighted by molar-refractivity contribution is -0.00232. The van der Waals surface area contributed by atoms with E-state index < -0.39 is 0 Å². The van der Waals surface area contributed by atoms with Crippen molar-refractivity contribution >= 4 is 34.2 Å². The Kier molecular flexibility index (Phi) is 6.35. The van der Waals surface area contributed by atoms with E-state index in [0.29, 0.717) is 13.2 Å². The van der Waals surface area contributed by atoms with Crippen LogP contribution in [0.1, 0.15) is 12.5 Å². The van der Waals surface area contributed by atoms with Gasteiger partial charge in [-0.2, -0.15) is 5.48 Å². The van der Waals surface area contributed by atoms with Crippen LogP contribution in [0.2, 0.25) is 0 Å². The van der Waals surface area contributed by atoms with Crippen LogP contribution in [0.25, 0.3) is 21.8 Å². The van der Waals surface area contributed by atoms with Gasteiger partial charge < -0.3 is 9.72 Å². The minimum atomic E-state index is 0. The molecule has 0 spiro atoms. The highest BCUT2D eigenvalue weighted by Gasteiger charge is 2.07. The molecule has 1 aromatic heterocycles. The zero-order valence-corrected chi connectivity index (χ0v) is 16.0. The SMILES string of the molecule is CC(COc1ccc2c(c1)[nH]c1ccccc12)NOCc1ccccc1.Cl. The Labute approximate surface area is 164 Å². The van der Waals surface area contributed by atoms with Crippen molar-refractivity contribution in [3.8, 4) is 5.75 Å². The molecule has 0 radical (unpaired) electrons. The van der Waals surface area contributed by atoms with Crippen LogP contribution in [0.4, 0.5) is 0 Å². The number of benzene rings is 3. The highest BCUT2D eigenvalue weighted by Crippen LogP contribution is 2.28. The zero-order chi connectivity index (χ0) is 17.8. The molecule has 1 unspecified atom stereocenters. The van der Waals surface area contributed by atoms with Crippen molar-refractivity contribution < 1.29 is 9.57 Å². The monoisotopic (exact) mass is 382 g/mol. The van der Waals surface area contributed by atoms with Crippen molar-refractivity contribution in [3.05, 3.63) is 78.4 Å². The van der Waals surface area contributed by atoms with Crippen LogP contribution in [0.3, 0.4) is 0 Å². The summed E-state index contributed by atoms with van der Waals surface area (Å²) in [7, 11) is 0. The molecule has 5 heteroatoms. The number of hydrogen-bond donors (Lipinski definition) is 2. The minimum Gasteiger partial charge on any atom is -0.492 e. The average molecular weight is 383 g/mol. The van der Waals surface area contributed by atoms with E-state index in [2.05, 4.69) is 34.7 Å². The van der Waals surface area contributed by atoms with Crippen molar-refractivity contribution in [2.45, 2.75) is 19.6 Å². The first-order valence-electron chi connectivity index (χ1n) is 8.84. The van der Waals surface area contributed by atoms with Gasteiger partial charge in [0.25, 0.3) is 0 Å². The summed E-state index contributed by atoms with van der Waals surface area (Å²) in [6, 6.07) is 24.7. The van der Waals surface area contributed by atoms with Crippen LogP contribution >= 0.6 is 12.4 Å². The minimum absolute atomic E-state index is 0. The number of rotatable bonds is 7. The number of para-hydroxylation sites is 1. The van der Waals surface area contributed by atoms with Gasteiger partial charge >= 0.3 is 0 Å². The standard InChI is InChI=1S/C22H22N2O2.ClH/c1-16(24-26-15-17-7-3-2-4-8-17)14-25-18-11-12-20-19-9-5-6-10-21(19)23-22(20)13-18;/h2-13,16,23-24H,14-15H2,1H3;1H. The molecule has 0 aliphatic rings. The summed E-state index contributed by atoms with van der Waals surface area (Å²) in [5.41, 5.74) is 6.39. The smallest absolute Gasteiger partial charge is 0.121 e. The third-order valence-electron chi connectivity index (χ3n) is 4.34. The van der Waals surface area contributed by atoms with E-state index in [-0.39, 0.29) is 18.4 Å². The maximum Gasteiger partial charge on any atom is 0.121 e. The quantitative estimate of drug-likeness (QED) is 0.430. The molecule has 0 saturated heterocycles. The molecule has 3 aromatic carbocycles. The lowest BCUT2D eigenvalue weighted by atomic mass is 10.1. The largest absolute Gasteiger partial charge is 0.492 e. The third-order valence-corrected chi connectivity index (χ3v) is 4.34. The molecule has 1 heterocycles. The maximum absolute atomic E-state index is 5.91. The summed E-state index contributed by atoms with van der Waals surface area (Å²) in [6.07, 6.45) is 0. The second kappa shape index (κ2) is 8.91. The number of hydroxylamine groups is 1. The zero-order valence-electron chi connectivity index (χ0n) is 15.1. The number of aromatic nitrogens is 1. The molecule has 140 valence electrons. The number of aromatic amines is 1. The Balaban J connectivity index is 0.00000210. The number of fused-ring (bicyclic) bond motifs is 3. The summed E-state index contributed by atoms with van der Waals surface area (Å²) >= 11 is 0. The van der Waals surface area contributed by atoms with Gasteiger partial charge in [0.15, 0.2) is 0 Å². The van der Waals surface area contributed by atoms with Gasteiger partial charge in [-0.25, -0.2) is 0 Å². The van der Waals surface area contributed by atoms with Gasteiger partial charge in [-0.05, 0) is 30.7 Å². The summed E-state index contributed by atoms with van der Waals surface area (Å²) in [5.74, 6) is 0.848. The molecule has 4 nitrogen and oxygen atoms in total. The molecule has 4 rings (SSSR count). The summed E-state index contributed by atoms with van der Waals surface area (Å²) in [4.78, 5) is 8.98. The first-order chi connectivity index (χ1) is 12.8. The van der Waals surface area contributed by atoms with Crippen LogP contribution in [-0.4, -0.2) is 17.6 Å². The topological polar surface area (TPSA) is 46.3 Å². The van der Waals surface area contributed by atoms with Crippen molar-refractivity contribution in [1.29, 1.82) is 0 Å². The van der Waals surface area contributed by atoms with Crippen LogP contribution in [-0.2, 0) is 11.4 Å². The third kappa shape index (κ3) is 4.61. The highest BCUT2D eigenvalue weighted by molar-refractivity contribution is 6.07. The number of ether oxygens (including phenoxy) is 1. The Morgan fingerprint density at radius 1 is 0.889 bits per heavy atom. The molecule has 0 saturated carbocycles. The number of hydrogen-bond acceptors (Lipinski definition) is 3. The molecule has 1 atom stereocenters. The molecule has 0 bridgehead atoms. The van der Waals surface area contributed by atoms with E-state index >= 15 is 0 Å². The fourth-order valence-electron chi connectivity index (χ4n) is 3.02. The van der Waals surface area contributed by atoms with Crippen LogP contribution in [0, 0.1) is 0 Å². The second-order valence-electron chi connectivity index (χ2n) is 6.48.